The number of nitrogens with zero attached hydrogens (tertiary/aromatic N) is 3. The average molecular weight is 532 g/mol. The first kappa shape index (κ1) is 25.7. The van der Waals surface area contributed by atoms with E-state index in [0.29, 0.717) is 5.95 Å². The Hall–Kier alpha value is -2.92. The molecule has 190 valence electrons. The maximum atomic E-state index is 6.14. The average Bonchev–Trinajstić information content (AvgIpc) is 2.93. The van der Waals surface area contributed by atoms with Gasteiger partial charge in [-0.1, -0.05) is 66.6 Å². The van der Waals surface area contributed by atoms with E-state index in [-0.39, 0.29) is 18.3 Å². The van der Waals surface area contributed by atoms with Crippen molar-refractivity contribution in [2.75, 3.05) is 25.0 Å². The van der Waals surface area contributed by atoms with Gasteiger partial charge in [-0.05, 0) is 85.3 Å². The molecule has 0 bridgehead atoms. The predicted octanol–water partition coefficient (Wildman–Crippen LogP) is 7.68. The van der Waals surface area contributed by atoms with Crippen LogP contribution < -0.4 is 5.32 Å². The second kappa shape index (κ2) is 11.6. The van der Waals surface area contributed by atoms with Crippen LogP contribution >= 0.6 is 24.0 Å². The van der Waals surface area contributed by atoms with Crippen molar-refractivity contribution in [2.45, 2.75) is 38.0 Å². The molecule has 1 aliphatic heterocycles. The van der Waals surface area contributed by atoms with Gasteiger partial charge < -0.3 is 10.2 Å². The van der Waals surface area contributed by atoms with Crippen molar-refractivity contribution < 1.29 is 0 Å². The Balaban J connectivity index is 0.00000280. The van der Waals surface area contributed by atoms with Gasteiger partial charge in [0.2, 0.25) is 5.95 Å². The third kappa shape index (κ3) is 5.82. The molecule has 37 heavy (non-hydrogen) atoms. The Morgan fingerprint density at radius 3 is 2.43 bits per heavy atom. The van der Waals surface area contributed by atoms with E-state index in [1.165, 1.54) is 60.2 Å². The van der Waals surface area contributed by atoms with Crippen LogP contribution in [-0.4, -0.2) is 34.5 Å². The second-order valence-corrected chi connectivity index (χ2v) is 10.4. The molecule has 1 N–H and O–H groups in total. The van der Waals surface area contributed by atoms with Crippen LogP contribution in [0.25, 0.3) is 11.3 Å². The number of aromatic nitrogens is 2. The summed E-state index contributed by atoms with van der Waals surface area (Å²) < 4.78 is 0. The summed E-state index contributed by atoms with van der Waals surface area (Å²) in [6.07, 6.45) is 8.03. The van der Waals surface area contributed by atoms with Crippen LogP contribution in [-0.2, 0) is 12.8 Å². The summed E-state index contributed by atoms with van der Waals surface area (Å²) in [5, 5.41) is 4.18. The normalized spacial score (nSPS) is 16.8. The summed E-state index contributed by atoms with van der Waals surface area (Å²) in [5.74, 6) is 0.903. The summed E-state index contributed by atoms with van der Waals surface area (Å²) in [7, 11) is 0. The van der Waals surface area contributed by atoms with Crippen molar-refractivity contribution in [1.29, 1.82) is 0 Å². The van der Waals surface area contributed by atoms with E-state index in [0.717, 1.165) is 35.8 Å². The fourth-order valence-corrected chi connectivity index (χ4v) is 5.67. The van der Waals surface area contributed by atoms with Crippen molar-refractivity contribution in [3.63, 3.8) is 0 Å². The molecule has 0 spiro atoms. The summed E-state index contributed by atoms with van der Waals surface area (Å²) in [4.78, 5) is 12.2. The molecule has 0 unspecified atom stereocenters. The Labute approximate surface area is 230 Å². The molecule has 6 rings (SSSR count). The number of anilines is 2. The molecule has 6 heteroatoms. The van der Waals surface area contributed by atoms with E-state index < -0.39 is 0 Å². The second-order valence-electron chi connectivity index (χ2n) is 9.94. The molecule has 0 amide bonds. The molecule has 2 aliphatic rings. The number of nitrogens with one attached hydrogen (secondary N) is 1. The summed E-state index contributed by atoms with van der Waals surface area (Å²) in [6, 6.07) is 25.5. The first-order chi connectivity index (χ1) is 17.7. The maximum absolute atomic E-state index is 6.14. The van der Waals surface area contributed by atoms with Crippen molar-refractivity contribution >= 4 is 35.6 Å². The lowest BCUT2D eigenvalue weighted by Crippen LogP contribution is -2.31. The first-order valence-electron chi connectivity index (χ1n) is 13.0. The smallest absolute Gasteiger partial charge is 0.227 e. The topological polar surface area (TPSA) is 41.1 Å². The van der Waals surface area contributed by atoms with Gasteiger partial charge >= 0.3 is 0 Å². The fourth-order valence-electron chi connectivity index (χ4n) is 5.54. The summed E-state index contributed by atoms with van der Waals surface area (Å²) in [5.41, 5.74) is 8.32. The lowest BCUT2D eigenvalue weighted by Gasteiger charge is -2.27. The fraction of sp³-hybridized carbons (Fsp3) is 0.290. The van der Waals surface area contributed by atoms with E-state index in [1.807, 2.05) is 18.3 Å². The number of likely N-dealkylation sites (tertiary alicyclic amines) is 1. The quantitative estimate of drug-likeness (QED) is 0.277. The van der Waals surface area contributed by atoms with Crippen molar-refractivity contribution in [2.24, 2.45) is 0 Å². The minimum Gasteiger partial charge on any atom is -0.324 e. The van der Waals surface area contributed by atoms with Gasteiger partial charge in [0.25, 0.3) is 0 Å². The zero-order valence-corrected chi connectivity index (χ0v) is 22.4. The number of rotatable bonds is 6. The molecule has 1 atom stereocenters. The summed E-state index contributed by atoms with van der Waals surface area (Å²) in [6.45, 7) is 3.65. The van der Waals surface area contributed by atoms with Crippen LogP contribution in [0, 0.1) is 0 Å². The Morgan fingerprint density at radius 2 is 1.65 bits per heavy atom. The molecule has 4 aromatic rings. The van der Waals surface area contributed by atoms with Gasteiger partial charge in [-0.3, -0.25) is 0 Å². The predicted molar refractivity (Wildman–Crippen MR) is 155 cm³/mol. The molecule has 0 saturated carbocycles. The van der Waals surface area contributed by atoms with E-state index in [2.05, 4.69) is 75.9 Å². The number of fused-ring (bicyclic) bond motifs is 3. The molecule has 1 fully saturated rings. The highest BCUT2D eigenvalue weighted by Gasteiger charge is 2.27. The standard InChI is InChI=1S/C31H31ClN4.ClH/c32-25-12-10-23(11-13-25)29-20-24-21-33-31(35-30(24)28-7-3-2-6-27(28)29)34-26-14-8-22(9-15-26)16-19-36-17-4-1-5-18-36;/h2-3,6-15,21,29H,1,4-5,16-20H2,(H,33,34,35);1H/t29-;/m0./s1. The summed E-state index contributed by atoms with van der Waals surface area (Å²) >= 11 is 6.14. The van der Waals surface area contributed by atoms with Crippen LogP contribution in [0.15, 0.2) is 79.0 Å². The first-order valence-corrected chi connectivity index (χ1v) is 13.4. The highest BCUT2D eigenvalue weighted by Crippen LogP contribution is 2.42. The molecule has 3 aromatic carbocycles. The van der Waals surface area contributed by atoms with Crippen LogP contribution in [0.4, 0.5) is 11.6 Å². The zero-order chi connectivity index (χ0) is 24.3. The van der Waals surface area contributed by atoms with Gasteiger partial charge in [0.15, 0.2) is 0 Å². The molecular formula is C31H32Cl2N4. The lowest BCUT2D eigenvalue weighted by atomic mass is 9.78. The molecule has 1 saturated heterocycles. The van der Waals surface area contributed by atoms with Crippen LogP contribution in [0.2, 0.25) is 5.02 Å². The molecular weight excluding hydrogens is 499 g/mol. The molecule has 4 nitrogen and oxygen atoms in total. The molecule has 2 heterocycles. The number of hydrogen-bond acceptors (Lipinski definition) is 4. The highest BCUT2D eigenvalue weighted by molar-refractivity contribution is 6.30. The van der Waals surface area contributed by atoms with Gasteiger partial charge in [-0.2, -0.15) is 0 Å². The van der Waals surface area contributed by atoms with E-state index >= 15 is 0 Å². The highest BCUT2D eigenvalue weighted by atomic mass is 35.5. The largest absolute Gasteiger partial charge is 0.324 e. The van der Waals surface area contributed by atoms with Crippen molar-refractivity contribution in [3.8, 4) is 11.3 Å². The van der Waals surface area contributed by atoms with Gasteiger partial charge in [0, 0.05) is 34.9 Å². The van der Waals surface area contributed by atoms with Crippen LogP contribution in [0.5, 0.6) is 0 Å². The van der Waals surface area contributed by atoms with E-state index in [1.54, 1.807) is 0 Å². The zero-order valence-electron chi connectivity index (χ0n) is 20.9. The molecule has 1 aliphatic carbocycles. The van der Waals surface area contributed by atoms with Gasteiger partial charge in [-0.15, -0.1) is 12.4 Å². The van der Waals surface area contributed by atoms with Gasteiger partial charge in [0.05, 0.1) is 5.69 Å². The monoisotopic (exact) mass is 530 g/mol. The molecule has 1 aromatic heterocycles. The molecule has 0 radical (unpaired) electrons. The number of benzene rings is 3. The van der Waals surface area contributed by atoms with Gasteiger partial charge in [0.1, 0.15) is 0 Å². The third-order valence-corrected chi connectivity index (χ3v) is 7.78. The number of hydrogen-bond donors (Lipinski definition) is 1. The lowest BCUT2D eigenvalue weighted by molar-refractivity contribution is 0.231. The third-order valence-electron chi connectivity index (χ3n) is 7.53. The van der Waals surface area contributed by atoms with Gasteiger partial charge in [-0.25, -0.2) is 9.97 Å². The van der Waals surface area contributed by atoms with E-state index in [4.69, 9.17) is 16.6 Å². The Morgan fingerprint density at radius 1 is 0.892 bits per heavy atom. The Bertz CT molecular complexity index is 1330. The minimum atomic E-state index is 0. The van der Waals surface area contributed by atoms with E-state index in [9.17, 15) is 0 Å². The maximum Gasteiger partial charge on any atom is 0.227 e. The Kier molecular flexibility index (Phi) is 8.09. The number of piperidine rings is 1. The van der Waals surface area contributed by atoms with Crippen LogP contribution in [0.1, 0.15) is 47.4 Å². The van der Waals surface area contributed by atoms with Crippen molar-refractivity contribution in [3.05, 3.63) is 106 Å². The van der Waals surface area contributed by atoms with Crippen molar-refractivity contribution in [1.82, 2.24) is 14.9 Å². The SMILES string of the molecule is Cl.Clc1ccc([C@@H]2Cc3cnc(Nc4ccc(CCN5CCCCC5)cc4)nc3-c3ccccc32)cc1. The van der Waals surface area contributed by atoms with Crippen LogP contribution in [0.3, 0.4) is 0 Å². The number of halogens is 2. The minimum absolute atomic E-state index is 0.